The Bertz CT molecular complexity index is 462. The van der Waals surface area contributed by atoms with Gasteiger partial charge in [-0.25, -0.2) is 9.97 Å². The highest BCUT2D eigenvalue weighted by Gasteiger charge is 2.20. The van der Waals surface area contributed by atoms with Crippen LogP contribution in [0.1, 0.15) is 24.2 Å². The van der Waals surface area contributed by atoms with E-state index in [2.05, 4.69) is 20.4 Å². The highest BCUT2D eigenvalue weighted by atomic mass is 35.5. The second kappa shape index (κ2) is 5.25. The van der Waals surface area contributed by atoms with Gasteiger partial charge in [0.25, 0.3) is 0 Å². The first-order chi connectivity index (χ1) is 8.24. The fourth-order valence-corrected chi connectivity index (χ4v) is 2.06. The number of aromatic nitrogens is 4. The minimum Gasteiger partial charge on any atom is -0.305 e. The first-order valence-corrected chi connectivity index (χ1v) is 5.77. The molecule has 6 heteroatoms. The third-order valence-corrected chi connectivity index (χ3v) is 2.82. The van der Waals surface area contributed by atoms with E-state index in [1.54, 1.807) is 23.3 Å². The highest BCUT2D eigenvalue weighted by molar-refractivity contribution is 6.31. The van der Waals surface area contributed by atoms with Crippen molar-refractivity contribution in [2.75, 3.05) is 6.54 Å². The molecule has 1 N–H and O–H groups in total. The van der Waals surface area contributed by atoms with Crippen molar-refractivity contribution in [3.63, 3.8) is 0 Å². The molecule has 0 spiro atoms. The van der Waals surface area contributed by atoms with E-state index < -0.39 is 0 Å². The van der Waals surface area contributed by atoms with E-state index in [0.29, 0.717) is 5.02 Å². The zero-order valence-electron chi connectivity index (χ0n) is 9.76. The van der Waals surface area contributed by atoms with Gasteiger partial charge in [0.1, 0.15) is 6.33 Å². The van der Waals surface area contributed by atoms with Crippen molar-refractivity contribution in [2.45, 2.75) is 13.0 Å². The number of nitrogens with one attached hydrogen (secondary N) is 1. The summed E-state index contributed by atoms with van der Waals surface area (Å²) in [5.41, 5.74) is 1.89. The average molecular weight is 252 g/mol. The molecule has 0 saturated heterocycles. The molecule has 0 fully saturated rings. The third-order valence-electron chi connectivity index (χ3n) is 2.53. The van der Waals surface area contributed by atoms with E-state index in [1.165, 1.54) is 6.33 Å². The van der Waals surface area contributed by atoms with Gasteiger partial charge in [-0.2, -0.15) is 5.10 Å². The molecule has 1 unspecified atom stereocenters. The van der Waals surface area contributed by atoms with Gasteiger partial charge in [0.15, 0.2) is 0 Å². The quantitative estimate of drug-likeness (QED) is 0.896. The van der Waals surface area contributed by atoms with Crippen molar-refractivity contribution >= 4 is 11.6 Å². The maximum absolute atomic E-state index is 6.16. The largest absolute Gasteiger partial charge is 0.305 e. The minimum atomic E-state index is -0.0406. The summed E-state index contributed by atoms with van der Waals surface area (Å²) in [6, 6.07) is -0.0406. The molecule has 0 aliphatic carbocycles. The molecule has 0 bridgehead atoms. The lowest BCUT2D eigenvalue weighted by Gasteiger charge is -2.18. The van der Waals surface area contributed by atoms with Crippen LogP contribution in [0.15, 0.2) is 24.9 Å². The van der Waals surface area contributed by atoms with Crippen molar-refractivity contribution in [1.82, 2.24) is 25.1 Å². The summed E-state index contributed by atoms with van der Waals surface area (Å²) >= 11 is 6.16. The lowest BCUT2D eigenvalue weighted by molar-refractivity contribution is 0.570. The molecule has 2 aromatic heterocycles. The normalized spacial score (nSPS) is 12.6. The smallest absolute Gasteiger partial charge is 0.115 e. The molecule has 0 aromatic carbocycles. The average Bonchev–Trinajstić information content (AvgIpc) is 2.68. The Balaban J connectivity index is 2.43. The summed E-state index contributed by atoms with van der Waals surface area (Å²) in [5.74, 6) is 0. The van der Waals surface area contributed by atoms with Crippen LogP contribution in [0, 0.1) is 0 Å². The Morgan fingerprint density at radius 2 is 2.06 bits per heavy atom. The molecular weight excluding hydrogens is 238 g/mol. The van der Waals surface area contributed by atoms with Crippen molar-refractivity contribution in [3.8, 4) is 0 Å². The van der Waals surface area contributed by atoms with Crippen LogP contribution in [-0.4, -0.2) is 26.3 Å². The molecule has 2 rings (SSSR count). The number of hydrogen-bond acceptors (Lipinski definition) is 4. The predicted molar refractivity (Wildman–Crippen MR) is 65.8 cm³/mol. The Morgan fingerprint density at radius 3 is 2.59 bits per heavy atom. The molecule has 2 heterocycles. The molecule has 0 radical (unpaired) electrons. The van der Waals surface area contributed by atoms with Gasteiger partial charge < -0.3 is 5.32 Å². The molecule has 1 atom stereocenters. The van der Waals surface area contributed by atoms with Gasteiger partial charge in [-0.1, -0.05) is 18.5 Å². The number of aryl methyl sites for hydroxylation is 1. The first-order valence-electron chi connectivity index (χ1n) is 5.39. The zero-order valence-corrected chi connectivity index (χ0v) is 10.5. The lowest BCUT2D eigenvalue weighted by Crippen LogP contribution is -2.24. The van der Waals surface area contributed by atoms with Crippen LogP contribution >= 0.6 is 11.6 Å². The second-order valence-electron chi connectivity index (χ2n) is 3.66. The van der Waals surface area contributed by atoms with Gasteiger partial charge in [0.2, 0.25) is 0 Å². The summed E-state index contributed by atoms with van der Waals surface area (Å²) in [6.07, 6.45) is 6.72. The van der Waals surface area contributed by atoms with Crippen molar-refractivity contribution in [3.05, 3.63) is 41.2 Å². The van der Waals surface area contributed by atoms with Crippen LogP contribution in [0.25, 0.3) is 0 Å². The summed E-state index contributed by atoms with van der Waals surface area (Å²) < 4.78 is 1.77. The van der Waals surface area contributed by atoms with E-state index in [0.717, 1.165) is 17.8 Å². The second-order valence-corrected chi connectivity index (χ2v) is 4.07. The first kappa shape index (κ1) is 12.0. The number of rotatable bonds is 4. The molecule has 5 nitrogen and oxygen atoms in total. The summed E-state index contributed by atoms with van der Waals surface area (Å²) in [4.78, 5) is 8.07. The van der Waals surface area contributed by atoms with Crippen LogP contribution in [0.5, 0.6) is 0 Å². The van der Waals surface area contributed by atoms with Crippen LogP contribution in [0.2, 0.25) is 5.02 Å². The monoisotopic (exact) mass is 251 g/mol. The maximum atomic E-state index is 6.16. The number of halogens is 1. The fraction of sp³-hybridized carbons (Fsp3) is 0.364. The van der Waals surface area contributed by atoms with Gasteiger partial charge in [-0.15, -0.1) is 0 Å². The van der Waals surface area contributed by atoms with E-state index in [9.17, 15) is 0 Å². The molecule has 0 aliphatic heterocycles. The highest BCUT2D eigenvalue weighted by Crippen LogP contribution is 2.26. The Morgan fingerprint density at radius 1 is 1.35 bits per heavy atom. The van der Waals surface area contributed by atoms with Crippen LogP contribution in [-0.2, 0) is 7.05 Å². The summed E-state index contributed by atoms with van der Waals surface area (Å²) in [5, 5.41) is 8.15. The van der Waals surface area contributed by atoms with Crippen molar-refractivity contribution < 1.29 is 0 Å². The lowest BCUT2D eigenvalue weighted by atomic mass is 10.1. The van der Waals surface area contributed by atoms with Gasteiger partial charge in [-0.3, -0.25) is 4.68 Å². The van der Waals surface area contributed by atoms with Crippen LogP contribution < -0.4 is 5.32 Å². The molecular formula is C11H14ClN5. The van der Waals surface area contributed by atoms with Gasteiger partial charge >= 0.3 is 0 Å². The van der Waals surface area contributed by atoms with Crippen molar-refractivity contribution in [2.24, 2.45) is 7.05 Å². The predicted octanol–water partition coefficient (Wildman–Crippen LogP) is 1.56. The molecule has 0 amide bonds. The molecule has 0 saturated carbocycles. The fourth-order valence-electron chi connectivity index (χ4n) is 1.78. The van der Waals surface area contributed by atoms with Crippen molar-refractivity contribution in [1.29, 1.82) is 0 Å². The number of hydrogen-bond donors (Lipinski definition) is 1. The maximum Gasteiger partial charge on any atom is 0.115 e. The Hall–Kier alpha value is -1.46. The minimum absolute atomic E-state index is 0.0406. The van der Waals surface area contributed by atoms with Gasteiger partial charge in [0, 0.05) is 25.0 Å². The zero-order chi connectivity index (χ0) is 12.3. The number of nitrogens with zero attached hydrogens (tertiary/aromatic N) is 4. The summed E-state index contributed by atoms with van der Waals surface area (Å²) in [6.45, 7) is 2.86. The van der Waals surface area contributed by atoms with Crippen LogP contribution in [0.4, 0.5) is 0 Å². The van der Waals surface area contributed by atoms with Crippen LogP contribution in [0.3, 0.4) is 0 Å². The Labute approximate surface area is 105 Å². The molecule has 17 heavy (non-hydrogen) atoms. The van der Waals surface area contributed by atoms with E-state index in [-0.39, 0.29) is 6.04 Å². The molecule has 0 aliphatic rings. The van der Waals surface area contributed by atoms with E-state index in [4.69, 9.17) is 11.6 Å². The summed E-state index contributed by atoms with van der Waals surface area (Å²) in [7, 11) is 1.87. The van der Waals surface area contributed by atoms with E-state index in [1.807, 2.05) is 14.0 Å². The SMILES string of the molecule is CCNC(c1cncnc1)c1c(Cl)cnn1C. The van der Waals surface area contributed by atoms with E-state index >= 15 is 0 Å². The standard InChI is InChI=1S/C11H14ClN5/c1-3-15-10(8-4-13-7-14-5-8)11-9(12)6-16-17(11)2/h4-7,10,15H,3H2,1-2H3. The topological polar surface area (TPSA) is 55.6 Å². The molecule has 90 valence electrons. The third kappa shape index (κ3) is 2.45. The Kier molecular flexibility index (Phi) is 3.71. The van der Waals surface area contributed by atoms with Gasteiger partial charge in [-0.05, 0) is 6.54 Å². The molecule has 2 aromatic rings. The van der Waals surface area contributed by atoms with Gasteiger partial charge in [0.05, 0.1) is 23.0 Å².